The molecule has 0 unspecified atom stereocenters. The van der Waals surface area contributed by atoms with Crippen molar-refractivity contribution >= 4 is 80.9 Å². The third-order valence-corrected chi connectivity index (χ3v) is 9.60. The van der Waals surface area contributed by atoms with Gasteiger partial charge in [-0.25, -0.2) is 10.9 Å². The summed E-state index contributed by atoms with van der Waals surface area (Å²) in [6, 6.07) is 15.7. The molecule has 0 saturated carbocycles. The standard InChI is InChI=1S/C28H26N6O2S3/c1-37-27-21(15-31-33-25(35)11-17-13-29-23-9-5-3-7-19(17)23)22(28(38-2)39-27)16-32-34-26(36)12-18-14-30-24-10-6-4-8-20(18)24/h3-10,13-16,29-30H,11-12H2,1-2H3,(H,33,35)(H,34,36)/b31-15-,32-16-. The van der Waals surface area contributed by atoms with Crippen molar-refractivity contribution in [3.05, 3.63) is 83.2 Å². The number of H-pyrrole nitrogens is 2. The lowest BCUT2D eigenvalue weighted by Gasteiger charge is -2.02. The molecular weight excluding hydrogens is 549 g/mol. The van der Waals surface area contributed by atoms with Crippen LogP contribution in [-0.2, 0) is 22.4 Å². The van der Waals surface area contributed by atoms with Crippen molar-refractivity contribution in [3.8, 4) is 0 Å². The van der Waals surface area contributed by atoms with Crippen LogP contribution in [0.25, 0.3) is 21.8 Å². The molecule has 2 aromatic carbocycles. The van der Waals surface area contributed by atoms with Crippen LogP contribution in [0.15, 0.2) is 79.5 Å². The van der Waals surface area contributed by atoms with Gasteiger partial charge in [0.2, 0.25) is 11.8 Å². The molecule has 5 rings (SSSR count). The van der Waals surface area contributed by atoms with Crippen LogP contribution in [0.4, 0.5) is 0 Å². The third kappa shape index (κ3) is 6.11. The van der Waals surface area contributed by atoms with E-state index < -0.39 is 0 Å². The van der Waals surface area contributed by atoms with Crippen LogP contribution in [0.5, 0.6) is 0 Å². The third-order valence-electron chi connectivity index (χ3n) is 6.10. The van der Waals surface area contributed by atoms with Gasteiger partial charge in [-0.15, -0.1) is 34.9 Å². The molecule has 0 saturated heterocycles. The van der Waals surface area contributed by atoms with Crippen molar-refractivity contribution in [1.82, 2.24) is 20.8 Å². The van der Waals surface area contributed by atoms with Crippen LogP contribution >= 0.6 is 34.9 Å². The van der Waals surface area contributed by atoms with Gasteiger partial charge >= 0.3 is 0 Å². The first-order valence-corrected chi connectivity index (χ1v) is 15.3. The van der Waals surface area contributed by atoms with Crippen molar-refractivity contribution in [2.75, 3.05) is 12.5 Å². The Morgan fingerprint density at radius 2 is 1.21 bits per heavy atom. The maximum absolute atomic E-state index is 12.6. The number of nitrogens with one attached hydrogen (secondary N) is 4. The van der Waals surface area contributed by atoms with E-state index in [0.717, 1.165) is 52.5 Å². The number of thiophene rings is 1. The number of hydrogen-bond acceptors (Lipinski definition) is 7. The Bertz CT molecular complexity index is 1580. The van der Waals surface area contributed by atoms with E-state index >= 15 is 0 Å². The molecule has 3 heterocycles. The number of hydrogen-bond donors (Lipinski definition) is 4. The predicted octanol–water partition coefficient (Wildman–Crippen LogP) is 5.54. The maximum Gasteiger partial charge on any atom is 0.244 e. The molecule has 0 fully saturated rings. The average Bonchev–Trinajstić information content (AvgIpc) is 3.65. The second kappa shape index (κ2) is 12.4. The fourth-order valence-electron chi connectivity index (χ4n) is 4.28. The molecular formula is C28H26N6O2S3. The Morgan fingerprint density at radius 1 is 0.769 bits per heavy atom. The lowest BCUT2D eigenvalue weighted by molar-refractivity contribution is -0.121. The molecule has 2 amide bonds. The van der Waals surface area contributed by atoms with Crippen molar-refractivity contribution in [2.24, 2.45) is 10.2 Å². The van der Waals surface area contributed by atoms with Gasteiger partial charge < -0.3 is 9.97 Å². The highest BCUT2D eigenvalue weighted by Gasteiger charge is 2.16. The summed E-state index contributed by atoms with van der Waals surface area (Å²) < 4.78 is 2.08. The van der Waals surface area contributed by atoms with E-state index in [1.54, 1.807) is 47.3 Å². The lowest BCUT2D eigenvalue weighted by Crippen LogP contribution is -2.20. The molecule has 0 aliphatic rings. The summed E-state index contributed by atoms with van der Waals surface area (Å²) in [7, 11) is 0. The molecule has 8 nitrogen and oxygen atoms in total. The molecule has 0 aliphatic carbocycles. The van der Waals surface area contributed by atoms with E-state index in [1.165, 1.54) is 0 Å². The summed E-state index contributed by atoms with van der Waals surface area (Å²) >= 11 is 4.82. The first kappa shape index (κ1) is 26.8. The summed E-state index contributed by atoms with van der Waals surface area (Å²) in [5, 5.41) is 10.5. The Morgan fingerprint density at radius 3 is 1.64 bits per heavy atom. The minimum Gasteiger partial charge on any atom is -0.361 e. The minimum atomic E-state index is -0.207. The summed E-state index contributed by atoms with van der Waals surface area (Å²) in [6.45, 7) is 0. The van der Waals surface area contributed by atoms with E-state index in [0.29, 0.717) is 0 Å². The van der Waals surface area contributed by atoms with Gasteiger partial charge in [0, 0.05) is 45.3 Å². The van der Waals surface area contributed by atoms with Gasteiger partial charge in [0.1, 0.15) is 0 Å². The molecule has 0 spiro atoms. The molecule has 11 heteroatoms. The quantitative estimate of drug-likeness (QED) is 0.0996. The molecule has 0 radical (unpaired) electrons. The maximum atomic E-state index is 12.6. The number of fused-ring (bicyclic) bond motifs is 2. The van der Waals surface area contributed by atoms with Gasteiger partial charge in [0.25, 0.3) is 0 Å². The highest BCUT2D eigenvalue weighted by atomic mass is 32.2. The first-order valence-electron chi connectivity index (χ1n) is 12.1. The number of thioether (sulfide) groups is 2. The van der Waals surface area contributed by atoms with Crippen LogP contribution in [-0.4, -0.2) is 46.7 Å². The summed E-state index contributed by atoms with van der Waals surface area (Å²) in [4.78, 5) is 31.5. The molecule has 198 valence electrons. The first-order chi connectivity index (χ1) is 19.1. The van der Waals surface area contributed by atoms with Gasteiger partial charge in [0.05, 0.1) is 33.7 Å². The number of hydrazone groups is 2. The molecule has 39 heavy (non-hydrogen) atoms. The van der Waals surface area contributed by atoms with Gasteiger partial charge in [-0.3, -0.25) is 9.59 Å². The molecule has 0 aliphatic heterocycles. The smallest absolute Gasteiger partial charge is 0.244 e. The normalized spacial score (nSPS) is 11.7. The number of carbonyl (C=O) groups is 2. The second-order valence-electron chi connectivity index (χ2n) is 8.57. The number of aromatic nitrogens is 2. The topological polar surface area (TPSA) is 114 Å². The highest BCUT2D eigenvalue weighted by Crippen LogP contribution is 2.38. The number of rotatable bonds is 10. The van der Waals surface area contributed by atoms with Gasteiger partial charge in [-0.1, -0.05) is 36.4 Å². The highest BCUT2D eigenvalue weighted by molar-refractivity contribution is 8.02. The van der Waals surface area contributed by atoms with Crippen LogP contribution < -0.4 is 10.9 Å². The van der Waals surface area contributed by atoms with Crippen LogP contribution in [0.2, 0.25) is 0 Å². The molecule has 0 bridgehead atoms. The van der Waals surface area contributed by atoms with Crippen molar-refractivity contribution in [3.63, 3.8) is 0 Å². The number of para-hydroxylation sites is 2. The van der Waals surface area contributed by atoms with Crippen molar-refractivity contribution < 1.29 is 9.59 Å². The van der Waals surface area contributed by atoms with Crippen molar-refractivity contribution in [2.45, 2.75) is 21.3 Å². The summed E-state index contributed by atoms with van der Waals surface area (Å²) in [5.74, 6) is -0.413. The number of amides is 2. The van der Waals surface area contributed by atoms with E-state index in [2.05, 4.69) is 31.0 Å². The molecule has 3 aromatic heterocycles. The van der Waals surface area contributed by atoms with Gasteiger partial charge in [-0.2, -0.15) is 10.2 Å². The zero-order chi connectivity index (χ0) is 27.2. The predicted molar refractivity (Wildman–Crippen MR) is 163 cm³/mol. The number of aromatic amines is 2. The summed E-state index contributed by atoms with van der Waals surface area (Å²) in [6.07, 6.45) is 11.4. The fraction of sp³-hybridized carbons (Fsp3) is 0.143. The number of nitrogens with zero attached hydrogens (tertiary/aromatic N) is 2. The van der Waals surface area contributed by atoms with Crippen molar-refractivity contribution in [1.29, 1.82) is 0 Å². The largest absolute Gasteiger partial charge is 0.361 e. The Hall–Kier alpha value is -3.80. The molecule has 5 aromatic rings. The van der Waals surface area contributed by atoms with E-state index in [1.807, 2.05) is 73.4 Å². The fourth-order valence-corrected chi connectivity index (χ4v) is 7.08. The van der Waals surface area contributed by atoms with Crippen LogP contribution in [0, 0.1) is 0 Å². The van der Waals surface area contributed by atoms with E-state index in [4.69, 9.17) is 0 Å². The number of carbonyl (C=O) groups excluding carboxylic acids is 2. The second-order valence-corrected chi connectivity index (χ2v) is 11.7. The minimum absolute atomic E-state index is 0.207. The monoisotopic (exact) mass is 574 g/mol. The number of benzene rings is 2. The Balaban J connectivity index is 1.25. The molecule has 4 N–H and O–H groups in total. The SMILES string of the molecule is CSc1sc(SC)c(/C=N\NC(=O)Cc2c[nH]c3ccccc23)c1/C=N\NC(=O)Cc1c[nH]c2ccccc12. The Kier molecular flexibility index (Phi) is 8.50. The van der Waals surface area contributed by atoms with Crippen LogP contribution in [0.3, 0.4) is 0 Å². The Labute approximate surface area is 237 Å². The van der Waals surface area contributed by atoms with E-state index in [9.17, 15) is 9.59 Å². The van der Waals surface area contributed by atoms with Gasteiger partial charge in [0.15, 0.2) is 0 Å². The molecule has 0 atom stereocenters. The summed E-state index contributed by atoms with van der Waals surface area (Å²) in [5.41, 5.74) is 10.8. The zero-order valence-electron chi connectivity index (χ0n) is 21.3. The van der Waals surface area contributed by atoms with E-state index in [-0.39, 0.29) is 24.7 Å². The van der Waals surface area contributed by atoms with Crippen LogP contribution in [0.1, 0.15) is 22.3 Å². The zero-order valence-corrected chi connectivity index (χ0v) is 23.7. The average molecular weight is 575 g/mol. The van der Waals surface area contributed by atoms with Gasteiger partial charge in [-0.05, 0) is 35.8 Å². The lowest BCUT2D eigenvalue weighted by atomic mass is 10.1.